The lowest BCUT2D eigenvalue weighted by molar-refractivity contribution is 0.0732. The van der Waals surface area contributed by atoms with Crippen molar-refractivity contribution in [3.8, 4) is 11.3 Å². The summed E-state index contributed by atoms with van der Waals surface area (Å²) in [6, 6.07) is 8.55. The van der Waals surface area contributed by atoms with Gasteiger partial charge in [0.25, 0.3) is 11.5 Å². The minimum absolute atomic E-state index is 0.0247. The van der Waals surface area contributed by atoms with Crippen LogP contribution in [0.2, 0.25) is 0 Å². The molecule has 0 radical (unpaired) electrons. The predicted molar refractivity (Wildman–Crippen MR) is 107 cm³/mol. The number of rotatable bonds is 5. The highest BCUT2D eigenvalue weighted by atomic mass is 16.2. The molecule has 0 aliphatic carbocycles. The summed E-state index contributed by atoms with van der Waals surface area (Å²) < 4.78 is 0. The van der Waals surface area contributed by atoms with Crippen LogP contribution in [0.4, 0.5) is 5.95 Å². The Bertz CT molecular complexity index is 863. The lowest BCUT2D eigenvalue weighted by atomic mass is 9.97. The third-order valence-corrected chi connectivity index (χ3v) is 5.09. The molecule has 1 aliphatic heterocycles. The molecule has 0 saturated carbocycles. The first-order valence-electron chi connectivity index (χ1n) is 9.41. The fourth-order valence-electron chi connectivity index (χ4n) is 3.71. The van der Waals surface area contributed by atoms with Gasteiger partial charge < -0.3 is 15.5 Å². The van der Waals surface area contributed by atoms with E-state index in [1.807, 2.05) is 13.1 Å². The Morgan fingerprint density at radius 3 is 2.96 bits per heavy atom. The van der Waals surface area contributed by atoms with Crippen LogP contribution in [0.1, 0.15) is 30.1 Å². The van der Waals surface area contributed by atoms with Gasteiger partial charge in [-0.3, -0.25) is 14.6 Å². The number of H-pyrrole nitrogens is 1. The van der Waals surface area contributed by atoms with E-state index in [2.05, 4.69) is 21.8 Å². The minimum atomic E-state index is -0.316. The van der Waals surface area contributed by atoms with Crippen LogP contribution >= 0.6 is 0 Å². The van der Waals surface area contributed by atoms with E-state index in [9.17, 15) is 9.59 Å². The fourth-order valence-corrected chi connectivity index (χ4v) is 3.71. The van der Waals surface area contributed by atoms with Crippen LogP contribution in [0.25, 0.3) is 11.3 Å². The normalized spacial score (nSPS) is 17.6. The summed E-state index contributed by atoms with van der Waals surface area (Å²) >= 11 is 0. The molecule has 7 nitrogen and oxygen atoms in total. The number of hydrogen-bond donors (Lipinski definition) is 2. The van der Waals surface area contributed by atoms with Crippen molar-refractivity contribution in [2.45, 2.75) is 19.8 Å². The van der Waals surface area contributed by atoms with Gasteiger partial charge in [0, 0.05) is 37.3 Å². The molecule has 0 bridgehead atoms. The van der Waals surface area contributed by atoms with E-state index in [1.165, 1.54) is 12.5 Å². The highest BCUT2D eigenvalue weighted by molar-refractivity contribution is 5.95. The Labute approximate surface area is 159 Å². The second kappa shape index (κ2) is 8.35. The Morgan fingerprint density at radius 1 is 1.41 bits per heavy atom. The number of aromatic nitrogens is 2. The number of nitrogen functional groups attached to an aromatic ring is 1. The zero-order valence-electron chi connectivity index (χ0n) is 15.9. The highest BCUT2D eigenvalue weighted by Gasteiger charge is 2.22. The van der Waals surface area contributed by atoms with E-state index in [-0.39, 0.29) is 17.4 Å². The SMILES string of the molecule is CCN1CCC[C@@H](CN(C)C(=O)c2cccc(-c3cc(=O)[nH]c(N)n3)c2)C1. The molecule has 1 aromatic carbocycles. The summed E-state index contributed by atoms with van der Waals surface area (Å²) in [6.07, 6.45) is 2.34. The van der Waals surface area contributed by atoms with Gasteiger partial charge in [-0.05, 0) is 44.0 Å². The molecule has 1 aromatic heterocycles. The van der Waals surface area contributed by atoms with E-state index >= 15 is 0 Å². The first kappa shape index (κ1) is 19.1. The molecule has 3 rings (SSSR count). The molecular weight excluding hydrogens is 342 g/mol. The van der Waals surface area contributed by atoms with Gasteiger partial charge in [-0.15, -0.1) is 0 Å². The maximum atomic E-state index is 12.9. The van der Waals surface area contributed by atoms with Gasteiger partial charge >= 0.3 is 0 Å². The summed E-state index contributed by atoms with van der Waals surface area (Å²) in [7, 11) is 1.85. The van der Waals surface area contributed by atoms with Crippen LogP contribution in [0.3, 0.4) is 0 Å². The first-order chi connectivity index (χ1) is 13.0. The Kier molecular flexibility index (Phi) is 5.91. The second-order valence-electron chi connectivity index (χ2n) is 7.18. The van der Waals surface area contributed by atoms with E-state index in [0.29, 0.717) is 22.7 Å². The Hall–Kier alpha value is -2.67. The van der Waals surface area contributed by atoms with Crippen LogP contribution in [0, 0.1) is 5.92 Å². The summed E-state index contributed by atoms with van der Waals surface area (Å²) in [5.74, 6) is 0.539. The predicted octanol–water partition coefficient (Wildman–Crippen LogP) is 1.82. The smallest absolute Gasteiger partial charge is 0.253 e. The third-order valence-electron chi connectivity index (χ3n) is 5.09. The third kappa shape index (κ3) is 4.74. The van der Waals surface area contributed by atoms with E-state index in [0.717, 1.165) is 32.6 Å². The van der Waals surface area contributed by atoms with E-state index in [4.69, 9.17) is 5.73 Å². The molecule has 144 valence electrons. The number of carbonyl (C=O) groups is 1. The summed E-state index contributed by atoms with van der Waals surface area (Å²) in [6.45, 7) is 6.18. The molecule has 3 N–H and O–H groups in total. The molecule has 7 heteroatoms. The van der Waals surface area contributed by atoms with Crippen molar-refractivity contribution in [2.75, 3.05) is 39.0 Å². The molecule has 0 spiro atoms. The monoisotopic (exact) mass is 369 g/mol. The van der Waals surface area contributed by atoms with Gasteiger partial charge in [0.1, 0.15) is 0 Å². The van der Waals surface area contributed by atoms with Crippen molar-refractivity contribution in [3.05, 3.63) is 46.2 Å². The van der Waals surface area contributed by atoms with Crippen LogP contribution in [-0.2, 0) is 0 Å². The molecule has 27 heavy (non-hydrogen) atoms. The van der Waals surface area contributed by atoms with Crippen molar-refractivity contribution < 1.29 is 4.79 Å². The molecule has 1 saturated heterocycles. The average Bonchev–Trinajstić information content (AvgIpc) is 2.67. The number of nitrogens with one attached hydrogen (secondary N) is 1. The zero-order chi connectivity index (χ0) is 19.4. The maximum absolute atomic E-state index is 12.9. The number of benzene rings is 1. The van der Waals surface area contributed by atoms with Crippen molar-refractivity contribution in [1.29, 1.82) is 0 Å². The van der Waals surface area contributed by atoms with E-state index in [1.54, 1.807) is 23.1 Å². The molecular formula is C20H27N5O2. The van der Waals surface area contributed by atoms with Crippen molar-refractivity contribution in [1.82, 2.24) is 19.8 Å². The van der Waals surface area contributed by atoms with Crippen LogP contribution in [-0.4, -0.2) is 58.9 Å². The molecule has 1 amide bonds. The summed E-state index contributed by atoms with van der Waals surface area (Å²) in [4.78, 5) is 35.3. The number of amides is 1. The van der Waals surface area contributed by atoms with Crippen molar-refractivity contribution >= 4 is 11.9 Å². The minimum Gasteiger partial charge on any atom is -0.369 e. The first-order valence-corrected chi connectivity index (χ1v) is 9.41. The summed E-state index contributed by atoms with van der Waals surface area (Å²) in [5, 5.41) is 0. The molecule has 2 aromatic rings. The highest BCUT2D eigenvalue weighted by Crippen LogP contribution is 2.20. The largest absolute Gasteiger partial charge is 0.369 e. The standard InChI is InChI=1S/C20H27N5O2/c1-3-25-9-5-6-14(13-25)12-24(2)19(27)16-8-4-7-15(10-16)17-11-18(26)23-20(21)22-17/h4,7-8,10-11,14H,3,5-6,9,12-13H2,1-2H3,(H3,21,22,23,26)/t14-/m0/s1. The fraction of sp³-hybridized carbons (Fsp3) is 0.450. The lowest BCUT2D eigenvalue weighted by Crippen LogP contribution is -2.41. The van der Waals surface area contributed by atoms with Gasteiger partial charge in [-0.25, -0.2) is 4.98 Å². The van der Waals surface area contributed by atoms with Gasteiger partial charge in [-0.1, -0.05) is 19.1 Å². The Morgan fingerprint density at radius 2 is 2.22 bits per heavy atom. The number of hydrogen-bond acceptors (Lipinski definition) is 5. The number of likely N-dealkylation sites (tertiary alicyclic amines) is 1. The van der Waals surface area contributed by atoms with Gasteiger partial charge in [0.2, 0.25) is 5.95 Å². The number of carbonyl (C=O) groups excluding carboxylic acids is 1. The quantitative estimate of drug-likeness (QED) is 0.838. The maximum Gasteiger partial charge on any atom is 0.253 e. The average molecular weight is 369 g/mol. The van der Waals surface area contributed by atoms with Crippen LogP contribution in [0.5, 0.6) is 0 Å². The molecule has 1 fully saturated rings. The molecule has 0 unspecified atom stereocenters. The van der Waals surface area contributed by atoms with Crippen molar-refractivity contribution in [3.63, 3.8) is 0 Å². The summed E-state index contributed by atoms with van der Waals surface area (Å²) in [5.41, 5.74) is 7.04. The van der Waals surface area contributed by atoms with Crippen LogP contribution < -0.4 is 11.3 Å². The van der Waals surface area contributed by atoms with Crippen LogP contribution in [0.15, 0.2) is 35.1 Å². The number of nitrogens with zero attached hydrogens (tertiary/aromatic N) is 3. The molecule has 1 aliphatic rings. The van der Waals surface area contributed by atoms with Gasteiger partial charge in [-0.2, -0.15) is 0 Å². The van der Waals surface area contributed by atoms with Crippen molar-refractivity contribution in [2.24, 2.45) is 5.92 Å². The topological polar surface area (TPSA) is 95.3 Å². The lowest BCUT2D eigenvalue weighted by Gasteiger charge is -2.34. The molecule has 2 heterocycles. The van der Waals surface area contributed by atoms with Gasteiger partial charge in [0.15, 0.2) is 0 Å². The number of nitrogens with two attached hydrogens (primary N) is 1. The van der Waals surface area contributed by atoms with Gasteiger partial charge in [0.05, 0.1) is 5.69 Å². The number of anilines is 1. The Balaban J connectivity index is 1.74. The molecule has 1 atom stereocenters. The van der Waals surface area contributed by atoms with E-state index < -0.39 is 0 Å². The number of aromatic amines is 1. The zero-order valence-corrected chi connectivity index (χ0v) is 15.9. The second-order valence-corrected chi connectivity index (χ2v) is 7.18. The number of piperidine rings is 1.